The normalized spacial score (nSPS) is 15.4. The van der Waals surface area contributed by atoms with Gasteiger partial charge in [0.2, 0.25) is 5.43 Å². The number of amides is 2. The molecule has 3 rings (SSSR count). The molecule has 1 aliphatic carbocycles. The summed E-state index contributed by atoms with van der Waals surface area (Å²) < 4.78 is 42.9. The van der Waals surface area contributed by atoms with E-state index in [1.807, 2.05) is 19.2 Å². The summed E-state index contributed by atoms with van der Waals surface area (Å²) in [7, 11) is 1.55. The third-order valence-electron chi connectivity index (χ3n) is 5.84. The van der Waals surface area contributed by atoms with Crippen molar-refractivity contribution in [1.82, 2.24) is 19.8 Å². The lowest BCUT2D eigenvalue weighted by Crippen LogP contribution is -2.42. The topological polar surface area (TPSA) is 84.3 Å². The maximum absolute atomic E-state index is 13.7. The summed E-state index contributed by atoms with van der Waals surface area (Å²) in [5, 5.41) is 1.91. The summed E-state index contributed by atoms with van der Waals surface area (Å²) >= 11 is 0. The second-order valence-corrected chi connectivity index (χ2v) is 9.08. The minimum atomic E-state index is -4.83. The van der Waals surface area contributed by atoms with Crippen molar-refractivity contribution in [1.29, 1.82) is 0 Å². The monoisotopic (exact) mass is 478 g/mol. The van der Waals surface area contributed by atoms with Crippen LogP contribution in [-0.4, -0.2) is 46.0 Å². The summed E-state index contributed by atoms with van der Waals surface area (Å²) in [5.74, 6) is -1.63. The van der Waals surface area contributed by atoms with E-state index in [0.29, 0.717) is 6.54 Å². The third kappa shape index (κ3) is 5.84. The average Bonchev–Trinajstić information content (AvgIpc) is 3.31. The van der Waals surface area contributed by atoms with E-state index in [2.05, 4.69) is 4.98 Å². The van der Waals surface area contributed by atoms with Gasteiger partial charge in [-0.1, -0.05) is 32.8 Å². The number of carbonyl (C=O) groups is 2. The van der Waals surface area contributed by atoms with Gasteiger partial charge in [-0.05, 0) is 30.9 Å². The number of carbonyl (C=O) groups excluding carboxylic acids is 2. The van der Waals surface area contributed by atoms with E-state index in [1.165, 1.54) is 35.6 Å². The molecule has 1 N–H and O–H groups in total. The summed E-state index contributed by atoms with van der Waals surface area (Å²) in [4.78, 5) is 44.3. The van der Waals surface area contributed by atoms with Crippen LogP contribution in [0.5, 0.6) is 0 Å². The van der Waals surface area contributed by atoms with Gasteiger partial charge in [-0.15, -0.1) is 0 Å². The lowest BCUT2D eigenvalue weighted by atomic mass is 10.1. The van der Waals surface area contributed by atoms with E-state index >= 15 is 0 Å². The fourth-order valence-corrected chi connectivity index (χ4v) is 4.24. The Bertz CT molecular complexity index is 1080. The van der Waals surface area contributed by atoms with Crippen LogP contribution >= 0.6 is 0 Å². The van der Waals surface area contributed by atoms with Gasteiger partial charge in [0.25, 0.3) is 11.8 Å². The molecule has 1 unspecified atom stereocenters. The minimum Gasteiger partial charge on any atom is -0.349 e. The highest BCUT2D eigenvalue weighted by Gasteiger charge is 2.43. The van der Waals surface area contributed by atoms with Gasteiger partial charge in [-0.25, -0.2) is 0 Å². The fraction of sp³-hybridized carbons (Fsp3) is 0.500. The number of rotatable bonds is 7. The smallest absolute Gasteiger partial charge is 0.349 e. The van der Waals surface area contributed by atoms with Crippen molar-refractivity contribution in [3.05, 3.63) is 63.8 Å². The molecule has 0 aromatic carbocycles. The molecule has 2 heterocycles. The van der Waals surface area contributed by atoms with Crippen molar-refractivity contribution in [2.24, 2.45) is 5.92 Å². The van der Waals surface area contributed by atoms with Crippen LogP contribution in [0.25, 0.3) is 0 Å². The summed E-state index contributed by atoms with van der Waals surface area (Å²) in [6.45, 7) is 4.21. The molecular weight excluding hydrogens is 449 g/mol. The molecule has 1 fully saturated rings. The molecule has 2 aromatic heterocycles. The standard InChI is InChI=1S/C24H29F3N4O3/c1-15(2)12-30(3)23(34)18-14-31(16-8-4-5-9-16)13-17(20(18)32)22(33)29-21(24(25,26)27)19-10-6-7-11-28-19/h6-7,10-11,13-16,21H,4-5,8-9,12H2,1-3H3,(H,29,33). The van der Waals surface area contributed by atoms with E-state index in [1.54, 1.807) is 11.6 Å². The van der Waals surface area contributed by atoms with Crippen LogP contribution < -0.4 is 10.7 Å². The predicted molar refractivity (Wildman–Crippen MR) is 121 cm³/mol. The molecule has 0 spiro atoms. The summed E-state index contributed by atoms with van der Waals surface area (Å²) in [5.41, 5.74) is -2.03. The molecule has 1 saturated carbocycles. The Labute approximate surface area is 196 Å². The number of nitrogens with one attached hydrogen (secondary N) is 1. The first kappa shape index (κ1) is 25.5. The number of nitrogens with zero attached hydrogens (tertiary/aromatic N) is 3. The van der Waals surface area contributed by atoms with E-state index in [4.69, 9.17) is 0 Å². The average molecular weight is 479 g/mol. The molecule has 0 saturated heterocycles. The molecule has 2 aromatic rings. The Kier molecular flexibility index (Phi) is 7.78. The molecule has 7 nitrogen and oxygen atoms in total. The van der Waals surface area contributed by atoms with E-state index in [0.717, 1.165) is 31.7 Å². The summed E-state index contributed by atoms with van der Waals surface area (Å²) in [6, 6.07) is 1.55. The van der Waals surface area contributed by atoms with Gasteiger partial charge in [0, 0.05) is 38.2 Å². The van der Waals surface area contributed by atoms with Crippen molar-refractivity contribution < 1.29 is 22.8 Å². The Morgan fingerprint density at radius 2 is 1.82 bits per heavy atom. The predicted octanol–water partition coefficient (Wildman–Crippen LogP) is 4.12. The van der Waals surface area contributed by atoms with Gasteiger partial charge in [-0.2, -0.15) is 13.2 Å². The maximum Gasteiger partial charge on any atom is 0.414 e. The Morgan fingerprint density at radius 3 is 2.38 bits per heavy atom. The second kappa shape index (κ2) is 10.4. The molecule has 1 aliphatic rings. The lowest BCUT2D eigenvalue weighted by molar-refractivity contribution is -0.156. The molecule has 34 heavy (non-hydrogen) atoms. The van der Waals surface area contributed by atoms with Crippen LogP contribution in [0.15, 0.2) is 41.6 Å². The first-order valence-corrected chi connectivity index (χ1v) is 11.3. The first-order chi connectivity index (χ1) is 16.0. The molecule has 2 amide bonds. The molecule has 0 radical (unpaired) electrons. The molecule has 10 heteroatoms. The van der Waals surface area contributed by atoms with Crippen molar-refractivity contribution in [2.45, 2.75) is 57.8 Å². The first-order valence-electron chi connectivity index (χ1n) is 11.3. The van der Waals surface area contributed by atoms with Gasteiger partial charge in [0.1, 0.15) is 11.1 Å². The number of halogens is 3. The van der Waals surface area contributed by atoms with Crippen LogP contribution in [0.2, 0.25) is 0 Å². The number of alkyl halides is 3. The third-order valence-corrected chi connectivity index (χ3v) is 5.84. The molecule has 0 aliphatic heterocycles. The number of hydrogen-bond donors (Lipinski definition) is 1. The van der Waals surface area contributed by atoms with Gasteiger partial charge >= 0.3 is 6.18 Å². The van der Waals surface area contributed by atoms with Crippen LogP contribution in [0.3, 0.4) is 0 Å². The van der Waals surface area contributed by atoms with Crippen molar-refractivity contribution in [3.8, 4) is 0 Å². The molecule has 0 bridgehead atoms. The minimum absolute atomic E-state index is 0.0386. The highest BCUT2D eigenvalue weighted by Crippen LogP contribution is 2.32. The summed E-state index contributed by atoms with van der Waals surface area (Å²) in [6.07, 6.45) is 2.52. The number of aromatic nitrogens is 2. The van der Waals surface area contributed by atoms with Crippen LogP contribution in [0.1, 0.15) is 78.0 Å². The quantitative estimate of drug-likeness (QED) is 0.649. The maximum atomic E-state index is 13.7. The lowest BCUT2D eigenvalue weighted by Gasteiger charge is -2.23. The molecule has 1 atom stereocenters. The Morgan fingerprint density at radius 1 is 1.18 bits per heavy atom. The number of pyridine rings is 2. The van der Waals surface area contributed by atoms with Crippen LogP contribution in [0, 0.1) is 5.92 Å². The van der Waals surface area contributed by atoms with Crippen molar-refractivity contribution in [3.63, 3.8) is 0 Å². The second-order valence-electron chi connectivity index (χ2n) is 9.08. The number of hydrogen-bond acceptors (Lipinski definition) is 4. The highest BCUT2D eigenvalue weighted by molar-refractivity contribution is 5.99. The fourth-order valence-electron chi connectivity index (χ4n) is 4.24. The zero-order valence-electron chi connectivity index (χ0n) is 19.4. The Hall–Kier alpha value is -3.17. The Balaban J connectivity index is 2.03. The molecular formula is C24H29F3N4O3. The van der Waals surface area contributed by atoms with Crippen molar-refractivity contribution in [2.75, 3.05) is 13.6 Å². The van der Waals surface area contributed by atoms with Gasteiger partial charge in [0.15, 0.2) is 6.04 Å². The zero-order chi connectivity index (χ0) is 25.0. The zero-order valence-corrected chi connectivity index (χ0v) is 19.4. The van der Waals surface area contributed by atoms with Gasteiger partial charge in [-0.3, -0.25) is 19.4 Å². The SMILES string of the molecule is CC(C)CN(C)C(=O)c1cn(C2CCCC2)cc(C(=O)NC(c2ccccn2)C(F)(F)F)c1=O. The largest absolute Gasteiger partial charge is 0.414 e. The molecule has 184 valence electrons. The van der Waals surface area contributed by atoms with Crippen LogP contribution in [0.4, 0.5) is 13.2 Å². The van der Waals surface area contributed by atoms with E-state index < -0.39 is 40.7 Å². The van der Waals surface area contributed by atoms with Crippen LogP contribution in [-0.2, 0) is 0 Å². The van der Waals surface area contributed by atoms with E-state index in [9.17, 15) is 27.6 Å². The van der Waals surface area contributed by atoms with Gasteiger partial charge in [0.05, 0.1) is 5.69 Å². The van der Waals surface area contributed by atoms with Crippen molar-refractivity contribution >= 4 is 11.8 Å². The van der Waals surface area contributed by atoms with Gasteiger partial charge < -0.3 is 14.8 Å². The van der Waals surface area contributed by atoms with E-state index in [-0.39, 0.29) is 17.5 Å². The highest BCUT2D eigenvalue weighted by atomic mass is 19.4.